The molecule has 1 aromatic heterocycles. The second-order valence-corrected chi connectivity index (χ2v) is 8.15. The molecule has 3 amide bonds. The molecule has 0 saturated heterocycles. The highest BCUT2D eigenvalue weighted by molar-refractivity contribution is 5.92. The van der Waals surface area contributed by atoms with Crippen LogP contribution in [0, 0.1) is 0 Å². The number of nitrogens with zero attached hydrogens (tertiary/aromatic N) is 2. The van der Waals surface area contributed by atoms with E-state index in [0.29, 0.717) is 12.2 Å². The molecule has 8 heteroatoms. The fourth-order valence-electron chi connectivity index (χ4n) is 4.06. The Balaban J connectivity index is 1.97. The third-order valence-corrected chi connectivity index (χ3v) is 5.92. The van der Waals surface area contributed by atoms with Crippen molar-refractivity contribution in [3.05, 3.63) is 60.5 Å². The van der Waals surface area contributed by atoms with Crippen molar-refractivity contribution in [3.63, 3.8) is 0 Å². The van der Waals surface area contributed by atoms with E-state index >= 15 is 0 Å². The molecule has 1 fully saturated rings. The topological polar surface area (TPSA) is 103 Å². The minimum atomic E-state index is -0.568. The Bertz CT molecular complexity index is 902. The predicted octanol–water partition coefficient (Wildman–Crippen LogP) is 2.92. The summed E-state index contributed by atoms with van der Waals surface area (Å²) in [6.45, 7) is 5.75. The Morgan fingerprint density at radius 2 is 1.91 bits per heavy atom. The summed E-state index contributed by atoms with van der Waals surface area (Å²) in [4.78, 5) is 43.3. The van der Waals surface area contributed by atoms with Crippen molar-refractivity contribution in [2.75, 3.05) is 26.0 Å². The lowest BCUT2D eigenvalue weighted by molar-refractivity contribution is -0.139. The summed E-state index contributed by atoms with van der Waals surface area (Å²) in [6, 6.07) is 5.28. The van der Waals surface area contributed by atoms with Gasteiger partial charge in [-0.2, -0.15) is 0 Å². The zero-order valence-electron chi connectivity index (χ0n) is 19.8. The monoisotopic (exact) mass is 453 g/mol. The maximum absolute atomic E-state index is 12.9. The molecule has 0 unspecified atom stereocenters. The van der Waals surface area contributed by atoms with Crippen LogP contribution in [0.5, 0.6) is 0 Å². The first-order chi connectivity index (χ1) is 15.8. The molecule has 0 atom stereocenters. The number of carbonyl (C=O) groups excluding carboxylic acids is 3. The Morgan fingerprint density at radius 1 is 1.18 bits per heavy atom. The van der Waals surface area contributed by atoms with E-state index in [4.69, 9.17) is 0 Å². The molecule has 178 valence electrons. The number of amides is 3. The van der Waals surface area contributed by atoms with Gasteiger partial charge in [0.05, 0.1) is 18.5 Å². The summed E-state index contributed by atoms with van der Waals surface area (Å²) in [5, 5.41) is 8.61. The Morgan fingerprint density at radius 3 is 2.48 bits per heavy atom. The van der Waals surface area contributed by atoms with E-state index in [2.05, 4.69) is 27.5 Å². The number of aromatic nitrogens is 1. The fourth-order valence-corrected chi connectivity index (χ4v) is 4.06. The molecule has 0 spiro atoms. The van der Waals surface area contributed by atoms with Gasteiger partial charge in [-0.15, -0.1) is 0 Å². The summed E-state index contributed by atoms with van der Waals surface area (Å²) in [6.07, 6.45) is 10.9. The van der Waals surface area contributed by atoms with E-state index in [-0.39, 0.29) is 30.7 Å². The Kier molecular flexibility index (Phi) is 10.00. The van der Waals surface area contributed by atoms with Crippen LogP contribution in [0.25, 0.3) is 0 Å². The second-order valence-electron chi connectivity index (χ2n) is 8.15. The molecule has 1 aliphatic rings. The van der Waals surface area contributed by atoms with Crippen molar-refractivity contribution < 1.29 is 14.4 Å². The molecule has 3 N–H and O–H groups in total. The van der Waals surface area contributed by atoms with Crippen LogP contribution in [-0.2, 0) is 14.4 Å². The highest BCUT2D eigenvalue weighted by Crippen LogP contribution is 2.30. The van der Waals surface area contributed by atoms with Crippen LogP contribution in [-0.4, -0.2) is 53.8 Å². The average Bonchev–Trinajstić information content (AvgIpc) is 3.30. The number of anilines is 1. The summed E-state index contributed by atoms with van der Waals surface area (Å²) < 4.78 is 0. The van der Waals surface area contributed by atoms with E-state index in [9.17, 15) is 14.4 Å². The van der Waals surface area contributed by atoms with E-state index in [0.717, 1.165) is 36.8 Å². The molecule has 1 saturated carbocycles. The van der Waals surface area contributed by atoms with E-state index in [1.807, 2.05) is 6.92 Å². The molecule has 0 aromatic carbocycles. The lowest BCUT2D eigenvalue weighted by Crippen LogP contribution is -2.55. The fraction of sp³-hybridized carbons (Fsp3) is 0.440. The van der Waals surface area contributed by atoms with Crippen LogP contribution in [0.3, 0.4) is 0 Å². The largest absolute Gasteiger partial charge is 0.335 e. The first kappa shape index (κ1) is 26.0. The standard InChI is InChI=1S/C25H35N5O3/c1-5-19(6-2)20(17-22(31)29-21-11-7-10-15-27-21)12-16-28-23(32)18-30(4)24(33)25(26-3)13-8-9-14-25/h5,7,10-12,15-16,26H,1,6,8-9,13-14,17-18H2,2-4H3,(H,28,32)(H,27,29,31)/b16-12+,20-19-. The smallest absolute Gasteiger partial charge is 0.243 e. The Labute approximate surface area is 196 Å². The van der Waals surface area contributed by atoms with Gasteiger partial charge in [0.25, 0.3) is 0 Å². The zero-order valence-corrected chi connectivity index (χ0v) is 19.8. The van der Waals surface area contributed by atoms with Crippen LogP contribution < -0.4 is 16.0 Å². The quantitative estimate of drug-likeness (QED) is 0.447. The van der Waals surface area contributed by atoms with Gasteiger partial charge < -0.3 is 20.9 Å². The van der Waals surface area contributed by atoms with Gasteiger partial charge in [0.1, 0.15) is 5.82 Å². The molecule has 0 radical (unpaired) electrons. The van der Waals surface area contributed by atoms with Crippen molar-refractivity contribution in [2.45, 2.75) is 51.0 Å². The van der Waals surface area contributed by atoms with Gasteiger partial charge in [0.15, 0.2) is 0 Å². The van der Waals surface area contributed by atoms with Crippen molar-refractivity contribution in [1.29, 1.82) is 0 Å². The number of pyridine rings is 1. The van der Waals surface area contributed by atoms with Gasteiger partial charge in [0, 0.05) is 19.4 Å². The highest BCUT2D eigenvalue weighted by Gasteiger charge is 2.41. The molecule has 0 aliphatic heterocycles. The van der Waals surface area contributed by atoms with Gasteiger partial charge in [-0.25, -0.2) is 4.98 Å². The van der Waals surface area contributed by atoms with Gasteiger partial charge in [-0.3, -0.25) is 14.4 Å². The van der Waals surface area contributed by atoms with E-state index < -0.39 is 5.54 Å². The summed E-state index contributed by atoms with van der Waals surface area (Å²) in [5.41, 5.74) is 1.08. The predicted molar refractivity (Wildman–Crippen MR) is 130 cm³/mol. The second kappa shape index (κ2) is 12.7. The number of carbonyl (C=O) groups is 3. The minimum Gasteiger partial charge on any atom is -0.335 e. The molecular weight excluding hydrogens is 418 g/mol. The van der Waals surface area contributed by atoms with Gasteiger partial charge in [-0.1, -0.05) is 38.5 Å². The third-order valence-electron chi connectivity index (χ3n) is 5.92. The molecule has 1 aliphatic carbocycles. The molecule has 8 nitrogen and oxygen atoms in total. The van der Waals surface area contributed by atoms with Gasteiger partial charge >= 0.3 is 0 Å². The maximum Gasteiger partial charge on any atom is 0.243 e. The third kappa shape index (κ3) is 7.39. The highest BCUT2D eigenvalue weighted by atomic mass is 16.2. The average molecular weight is 454 g/mol. The van der Waals surface area contributed by atoms with Crippen molar-refractivity contribution in [1.82, 2.24) is 20.5 Å². The van der Waals surface area contributed by atoms with Crippen LogP contribution in [0.4, 0.5) is 5.82 Å². The number of rotatable bonds is 11. The molecule has 1 aromatic rings. The number of allylic oxidation sites excluding steroid dienone is 3. The summed E-state index contributed by atoms with van der Waals surface area (Å²) >= 11 is 0. The zero-order chi connectivity index (χ0) is 24.3. The maximum atomic E-state index is 12.9. The number of likely N-dealkylation sites (N-methyl/N-ethyl adjacent to an activating group) is 2. The van der Waals surface area contributed by atoms with Gasteiger partial charge in [0.2, 0.25) is 17.7 Å². The minimum absolute atomic E-state index is 0.0477. The van der Waals surface area contributed by atoms with Gasteiger partial charge in [-0.05, 0) is 55.7 Å². The van der Waals surface area contributed by atoms with Crippen LogP contribution >= 0.6 is 0 Å². The lowest BCUT2D eigenvalue weighted by Gasteiger charge is -2.31. The van der Waals surface area contributed by atoms with Crippen molar-refractivity contribution in [3.8, 4) is 0 Å². The normalized spacial score (nSPS) is 15.6. The SMILES string of the molecule is C=C/C(CC)=C(\C=C\NC(=O)CN(C)C(=O)C1(NC)CCCC1)CC(=O)Nc1ccccn1. The number of hydrogen-bond acceptors (Lipinski definition) is 5. The molecule has 2 rings (SSSR count). The molecule has 33 heavy (non-hydrogen) atoms. The van der Waals surface area contributed by atoms with Crippen LogP contribution in [0.1, 0.15) is 45.4 Å². The van der Waals surface area contributed by atoms with Crippen molar-refractivity contribution in [2.24, 2.45) is 0 Å². The van der Waals surface area contributed by atoms with Crippen LogP contribution in [0.2, 0.25) is 0 Å². The molecular formula is C25H35N5O3. The van der Waals surface area contributed by atoms with Crippen LogP contribution in [0.15, 0.2) is 60.5 Å². The summed E-state index contributed by atoms with van der Waals surface area (Å²) in [7, 11) is 3.44. The molecule has 0 bridgehead atoms. The first-order valence-corrected chi connectivity index (χ1v) is 11.3. The van der Waals surface area contributed by atoms with E-state index in [1.54, 1.807) is 50.6 Å². The molecule has 1 heterocycles. The Hall–Kier alpha value is -3.26. The van der Waals surface area contributed by atoms with E-state index in [1.165, 1.54) is 11.1 Å². The summed E-state index contributed by atoms with van der Waals surface area (Å²) in [5.74, 6) is -0.106. The number of hydrogen-bond donors (Lipinski definition) is 3. The number of nitrogens with one attached hydrogen (secondary N) is 3. The lowest BCUT2D eigenvalue weighted by atomic mass is 9.96. The van der Waals surface area contributed by atoms with Crippen molar-refractivity contribution >= 4 is 23.5 Å². The first-order valence-electron chi connectivity index (χ1n) is 11.3.